The van der Waals surface area contributed by atoms with Crippen LogP contribution in [0.15, 0.2) is 24.3 Å². The third-order valence-electron chi connectivity index (χ3n) is 4.19. The number of benzene rings is 1. The molecule has 1 aliphatic carbocycles. The van der Waals surface area contributed by atoms with Gasteiger partial charge >= 0.3 is 0 Å². The molecule has 1 aromatic carbocycles. The number of carbonyl (C=O) groups is 1. The van der Waals surface area contributed by atoms with Crippen molar-refractivity contribution in [1.29, 1.82) is 5.26 Å². The molecule has 1 fully saturated rings. The fraction of sp³-hybridized carbons (Fsp3) is 0.529. The van der Waals surface area contributed by atoms with E-state index in [0.29, 0.717) is 17.2 Å². The SMILES string of the molecule is CCCC1CCC(C#N)C(Oc2ccc(C(N)=O)cc2)C1. The second kappa shape index (κ2) is 7.12. The fourth-order valence-electron chi connectivity index (χ4n) is 3.03. The van der Waals surface area contributed by atoms with Gasteiger partial charge in [-0.15, -0.1) is 0 Å². The van der Waals surface area contributed by atoms with Crippen LogP contribution in [-0.4, -0.2) is 12.0 Å². The van der Waals surface area contributed by atoms with E-state index in [0.717, 1.165) is 19.3 Å². The Kier molecular flexibility index (Phi) is 5.21. The minimum Gasteiger partial charge on any atom is -0.489 e. The molecule has 1 aromatic rings. The molecule has 0 aromatic heterocycles. The number of hydrogen-bond donors (Lipinski definition) is 1. The number of primary amides is 1. The van der Waals surface area contributed by atoms with Gasteiger partial charge in [-0.2, -0.15) is 5.26 Å². The Labute approximate surface area is 125 Å². The number of ether oxygens (including phenoxy) is 1. The maximum absolute atomic E-state index is 11.1. The van der Waals surface area contributed by atoms with E-state index in [1.54, 1.807) is 24.3 Å². The molecule has 0 radical (unpaired) electrons. The van der Waals surface area contributed by atoms with Crippen LogP contribution in [0.5, 0.6) is 5.75 Å². The van der Waals surface area contributed by atoms with Crippen molar-refractivity contribution in [2.45, 2.75) is 45.1 Å². The molecular formula is C17H22N2O2. The van der Waals surface area contributed by atoms with Gasteiger partial charge < -0.3 is 10.5 Å². The van der Waals surface area contributed by atoms with Crippen LogP contribution in [0.1, 0.15) is 49.4 Å². The standard InChI is InChI=1S/C17H22N2O2/c1-2-3-12-4-5-14(11-18)16(10-12)21-15-8-6-13(7-9-15)17(19)20/h6-9,12,14,16H,2-5,10H2,1H3,(H2,19,20). The van der Waals surface area contributed by atoms with Crippen molar-refractivity contribution in [2.75, 3.05) is 0 Å². The average molecular weight is 286 g/mol. The summed E-state index contributed by atoms with van der Waals surface area (Å²) in [6, 6.07) is 9.18. The zero-order valence-electron chi connectivity index (χ0n) is 12.4. The van der Waals surface area contributed by atoms with Crippen LogP contribution in [0.2, 0.25) is 0 Å². The van der Waals surface area contributed by atoms with Crippen molar-refractivity contribution in [1.82, 2.24) is 0 Å². The molecule has 1 amide bonds. The lowest BCUT2D eigenvalue weighted by atomic mass is 9.78. The normalized spacial score (nSPS) is 25.0. The lowest BCUT2D eigenvalue weighted by Gasteiger charge is -2.33. The Balaban J connectivity index is 2.04. The molecule has 0 saturated heterocycles. The topological polar surface area (TPSA) is 76.1 Å². The van der Waals surface area contributed by atoms with Gasteiger partial charge in [0.2, 0.25) is 5.91 Å². The minimum atomic E-state index is -0.447. The zero-order valence-corrected chi connectivity index (χ0v) is 12.4. The van der Waals surface area contributed by atoms with Gasteiger partial charge in [-0.05, 0) is 49.4 Å². The van der Waals surface area contributed by atoms with Gasteiger partial charge in [-0.3, -0.25) is 4.79 Å². The molecule has 1 saturated carbocycles. The molecule has 0 spiro atoms. The number of rotatable bonds is 5. The van der Waals surface area contributed by atoms with Crippen molar-refractivity contribution in [3.8, 4) is 11.8 Å². The number of amides is 1. The molecule has 3 atom stereocenters. The van der Waals surface area contributed by atoms with Crippen molar-refractivity contribution in [3.05, 3.63) is 29.8 Å². The number of carbonyl (C=O) groups excluding carboxylic acids is 1. The van der Waals surface area contributed by atoms with Crippen LogP contribution in [0.4, 0.5) is 0 Å². The molecule has 4 nitrogen and oxygen atoms in total. The van der Waals surface area contributed by atoms with E-state index in [2.05, 4.69) is 13.0 Å². The Bertz CT molecular complexity index is 519. The van der Waals surface area contributed by atoms with E-state index in [9.17, 15) is 10.1 Å². The number of nitriles is 1. The molecule has 4 heteroatoms. The van der Waals surface area contributed by atoms with Crippen LogP contribution in [-0.2, 0) is 0 Å². The molecule has 112 valence electrons. The maximum Gasteiger partial charge on any atom is 0.248 e. The highest BCUT2D eigenvalue weighted by molar-refractivity contribution is 5.92. The van der Waals surface area contributed by atoms with Crippen molar-refractivity contribution in [3.63, 3.8) is 0 Å². The Morgan fingerprint density at radius 3 is 2.67 bits per heavy atom. The molecule has 1 aliphatic rings. The monoisotopic (exact) mass is 286 g/mol. The summed E-state index contributed by atoms with van der Waals surface area (Å²) in [4.78, 5) is 11.1. The van der Waals surface area contributed by atoms with Crippen LogP contribution in [0.25, 0.3) is 0 Å². The fourth-order valence-corrected chi connectivity index (χ4v) is 3.03. The number of nitrogens with zero attached hydrogens (tertiary/aromatic N) is 1. The van der Waals surface area contributed by atoms with Crippen LogP contribution >= 0.6 is 0 Å². The van der Waals surface area contributed by atoms with E-state index in [1.807, 2.05) is 0 Å². The summed E-state index contributed by atoms with van der Waals surface area (Å²) in [5, 5.41) is 9.28. The van der Waals surface area contributed by atoms with Crippen molar-refractivity contribution < 1.29 is 9.53 Å². The quantitative estimate of drug-likeness (QED) is 0.902. The summed E-state index contributed by atoms with van der Waals surface area (Å²) in [5.41, 5.74) is 5.68. The molecule has 2 N–H and O–H groups in total. The van der Waals surface area contributed by atoms with Crippen LogP contribution < -0.4 is 10.5 Å². The number of hydrogen-bond acceptors (Lipinski definition) is 3. The summed E-state index contributed by atoms with van der Waals surface area (Å²) in [6.07, 6.45) is 5.27. The highest BCUT2D eigenvalue weighted by atomic mass is 16.5. The summed E-state index contributed by atoms with van der Waals surface area (Å²) in [5.74, 6) is 0.850. The Morgan fingerprint density at radius 1 is 1.38 bits per heavy atom. The first-order valence-electron chi connectivity index (χ1n) is 7.60. The van der Waals surface area contributed by atoms with E-state index in [-0.39, 0.29) is 12.0 Å². The van der Waals surface area contributed by atoms with Gasteiger partial charge in [0.15, 0.2) is 0 Å². The van der Waals surface area contributed by atoms with Gasteiger partial charge in [0.1, 0.15) is 11.9 Å². The molecular weight excluding hydrogens is 264 g/mol. The lowest BCUT2D eigenvalue weighted by Crippen LogP contribution is -2.33. The average Bonchev–Trinajstić information content (AvgIpc) is 2.48. The second-order valence-electron chi connectivity index (χ2n) is 5.75. The van der Waals surface area contributed by atoms with Crippen LogP contribution in [0, 0.1) is 23.2 Å². The predicted octanol–water partition coefficient (Wildman–Crippen LogP) is 3.27. The summed E-state index contributed by atoms with van der Waals surface area (Å²) in [6.45, 7) is 2.19. The smallest absolute Gasteiger partial charge is 0.248 e. The van der Waals surface area contributed by atoms with Gasteiger partial charge in [-0.1, -0.05) is 19.8 Å². The van der Waals surface area contributed by atoms with Crippen molar-refractivity contribution in [2.24, 2.45) is 17.6 Å². The molecule has 3 unspecified atom stereocenters. The third-order valence-corrected chi connectivity index (χ3v) is 4.19. The molecule has 21 heavy (non-hydrogen) atoms. The van der Waals surface area contributed by atoms with E-state index in [4.69, 9.17) is 10.5 Å². The summed E-state index contributed by atoms with van der Waals surface area (Å²) in [7, 11) is 0. The van der Waals surface area contributed by atoms with Crippen LogP contribution in [0.3, 0.4) is 0 Å². The maximum atomic E-state index is 11.1. The Hall–Kier alpha value is -2.02. The molecule has 0 bridgehead atoms. The first-order chi connectivity index (χ1) is 10.1. The first kappa shape index (κ1) is 15.4. The lowest BCUT2D eigenvalue weighted by molar-refractivity contribution is 0.0875. The highest BCUT2D eigenvalue weighted by Gasteiger charge is 2.31. The predicted molar refractivity (Wildman–Crippen MR) is 80.7 cm³/mol. The first-order valence-corrected chi connectivity index (χ1v) is 7.60. The van der Waals surface area contributed by atoms with Crippen molar-refractivity contribution >= 4 is 5.91 Å². The Morgan fingerprint density at radius 2 is 2.10 bits per heavy atom. The van der Waals surface area contributed by atoms with E-state index < -0.39 is 5.91 Å². The molecule has 0 heterocycles. The summed E-state index contributed by atoms with van der Waals surface area (Å²) < 4.78 is 6.00. The highest BCUT2D eigenvalue weighted by Crippen LogP contribution is 2.34. The minimum absolute atomic E-state index is 0.0473. The number of nitrogens with two attached hydrogens (primary N) is 1. The zero-order chi connectivity index (χ0) is 15.2. The molecule has 2 rings (SSSR count). The molecule has 0 aliphatic heterocycles. The van der Waals surface area contributed by atoms with Gasteiger partial charge in [-0.25, -0.2) is 0 Å². The largest absolute Gasteiger partial charge is 0.489 e. The third kappa shape index (κ3) is 3.98. The van der Waals surface area contributed by atoms with E-state index in [1.165, 1.54) is 12.8 Å². The van der Waals surface area contributed by atoms with E-state index >= 15 is 0 Å². The summed E-state index contributed by atoms with van der Waals surface area (Å²) >= 11 is 0. The van der Waals surface area contributed by atoms with Gasteiger partial charge in [0.05, 0.1) is 12.0 Å². The second-order valence-corrected chi connectivity index (χ2v) is 5.75. The van der Waals surface area contributed by atoms with Gasteiger partial charge in [0, 0.05) is 5.56 Å². The van der Waals surface area contributed by atoms with Gasteiger partial charge in [0.25, 0.3) is 0 Å².